The standard InChI is InChI=1S/C22H29N3O5/c1-27-18-15-17(16-19(28-2)21(18)29-3)22(26)30-14-6-9-24-10-12-25(13-11-24)20-7-4-5-8-23-20/h4-5,7-8,15-16H,6,9-14H2,1-3H3. The van der Waals surface area contributed by atoms with Crippen LogP contribution in [0.15, 0.2) is 36.5 Å². The lowest BCUT2D eigenvalue weighted by Gasteiger charge is -2.35. The van der Waals surface area contributed by atoms with Crippen molar-refractivity contribution in [1.29, 1.82) is 0 Å². The van der Waals surface area contributed by atoms with Crippen molar-refractivity contribution >= 4 is 11.8 Å². The predicted octanol–water partition coefficient (Wildman–Crippen LogP) is 2.48. The van der Waals surface area contributed by atoms with Gasteiger partial charge in [-0.1, -0.05) is 6.07 Å². The molecule has 1 aliphatic heterocycles. The molecule has 2 aromatic rings. The highest BCUT2D eigenvalue weighted by Gasteiger charge is 2.19. The van der Waals surface area contributed by atoms with Crippen LogP contribution in [-0.2, 0) is 4.74 Å². The predicted molar refractivity (Wildman–Crippen MR) is 114 cm³/mol. The maximum atomic E-state index is 12.4. The van der Waals surface area contributed by atoms with Crippen LogP contribution in [0.1, 0.15) is 16.8 Å². The highest BCUT2D eigenvalue weighted by Crippen LogP contribution is 2.38. The lowest BCUT2D eigenvalue weighted by Crippen LogP contribution is -2.47. The summed E-state index contributed by atoms with van der Waals surface area (Å²) in [7, 11) is 4.55. The van der Waals surface area contributed by atoms with Crippen LogP contribution in [0.4, 0.5) is 5.82 Å². The molecule has 0 amide bonds. The topological polar surface area (TPSA) is 73.4 Å². The highest BCUT2D eigenvalue weighted by atomic mass is 16.5. The van der Waals surface area contributed by atoms with E-state index in [1.807, 2.05) is 24.4 Å². The van der Waals surface area contributed by atoms with Gasteiger partial charge in [0.25, 0.3) is 0 Å². The molecule has 1 saturated heterocycles. The normalized spacial score (nSPS) is 14.3. The van der Waals surface area contributed by atoms with Crippen LogP contribution in [0.5, 0.6) is 17.2 Å². The third kappa shape index (κ3) is 5.33. The van der Waals surface area contributed by atoms with Gasteiger partial charge in [0, 0.05) is 38.9 Å². The van der Waals surface area contributed by atoms with Crippen LogP contribution in [0.3, 0.4) is 0 Å². The van der Waals surface area contributed by atoms with E-state index >= 15 is 0 Å². The summed E-state index contributed by atoms with van der Waals surface area (Å²) < 4.78 is 21.3. The molecule has 3 rings (SSSR count). The number of anilines is 1. The second kappa shape index (κ2) is 10.7. The number of benzene rings is 1. The van der Waals surface area contributed by atoms with Gasteiger partial charge < -0.3 is 23.8 Å². The minimum Gasteiger partial charge on any atom is -0.493 e. The number of piperazine rings is 1. The number of methoxy groups -OCH3 is 3. The Balaban J connectivity index is 1.43. The molecule has 1 aromatic heterocycles. The Hall–Kier alpha value is -3.00. The number of rotatable bonds is 9. The van der Waals surface area contributed by atoms with Crippen molar-refractivity contribution in [2.24, 2.45) is 0 Å². The first-order valence-corrected chi connectivity index (χ1v) is 10.0. The van der Waals surface area contributed by atoms with E-state index in [2.05, 4.69) is 14.8 Å². The third-order valence-corrected chi connectivity index (χ3v) is 5.10. The van der Waals surface area contributed by atoms with Gasteiger partial charge in [-0.3, -0.25) is 4.90 Å². The number of carbonyl (C=O) groups is 1. The van der Waals surface area contributed by atoms with E-state index < -0.39 is 5.97 Å². The summed E-state index contributed by atoms with van der Waals surface area (Å²) in [5, 5.41) is 0. The number of nitrogens with zero attached hydrogens (tertiary/aromatic N) is 3. The quantitative estimate of drug-likeness (QED) is 0.457. The second-order valence-electron chi connectivity index (χ2n) is 6.92. The monoisotopic (exact) mass is 415 g/mol. The van der Waals surface area contributed by atoms with Crippen LogP contribution in [-0.4, -0.2) is 76.5 Å². The van der Waals surface area contributed by atoms with Crippen molar-refractivity contribution in [1.82, 2.24) is 9.88 Å². The van der Waals surface area contributed by atoms with E-state index in [-0.39, 0.29) is 0 Å². The highest BCUT2D eigenvalue weighted by molar-refractivity contribution is 5.91. The van der Waals surface area contributed by atoms with Crippen molar-refractivity contribution in [2.45, 2.75) is 6.42 Å². The summed E-state index contributed by atoms with van der Waals surface area (Å²) in [5.74, 6) is 1.91. The fourth-order valence-corrected chi connectivity index (χ4v) is 3.48. The molecule has 1 aromatic carbocycles. The molecule has 0 atom stereocenters. The largest absolute Gasteiger partial charge is 0.493 e. The van der Waals surface area contributed by atoms with Gasteiger partial charge in [0.2, 0.25) is 5.75 Å². The average Bonchev–Trinajstić information content (AvgIpc) is 2.81. The zero-order valence-corrected chi connectivity index (χ0v) is 17.8. The molecule has 0 saturated carbocycles. The van der Waals surface area contributed by atoms with Crippen LogP contribution >= 0.6 is 0 Å². The Morgan fingerprint density at radius 1 is 1.00 bits per heavy atom. The Labute approximate surface area is 177 Å². The number of ether oxygens (including phenoxy) is 4. The number of carbonyl (C=O) groups excluding carboxylic acids is 1. The maximum absolute atomic E-state index is 12.4. The molecule has 1 fully saturated rings. The minimum atomic E-state index is -0.408. The second-order valence-corrected chi connectivity index (χ2v) is 6.92. The van der Waals surface area contributed by atoms with E-state index in [4.69, 9.17) is 18.9 Å². The Morgan fingerprint density at radius 2 is 1.70 bits per heavy atom. The molecular weight excluding hydrogens is 386 g/mol. The van der Waals surface area contributed by atoms with Crippen LogP contribution < -0.4 is 19.1 Å². The van der Waals surface area contributed by atoms with Gasteiger partial charge in [0.15, 0.2) is 11.5 Å². The van der Waals surface area contributed by atoms with Crippen molar-refractivity contribution in [3.63, 3.8) is 0 Å². The number of pyridine rings is 1. The molecule has 0 spiro atoms. The Morgan fingerprint density at radius 3 is 2.27 bits per heavy atom. The van der Waals surface area contributed by atoms with E-state index in [0.29, 0.717) is 29.4 Å². The SMILES string of the molecule is COc1cc(C(=O)OCCCN2CCN(c3ccccn3)CC2)cc(OC)c1OC. The fourth-order valence-electron chi connectivity index (χ4n) is 3.48. The number of hydrogen-bond acceptors (Lipinski definition) is 8. The fraction of sp³-hybridized carbons (Fsp3) is 0.455. The number of hydrogen-bond donors (Lipinski definition) is 0. The zero-order valence-electron chi connectivity index (χ0n) is 17.8. The lowest BCUT2D eigenvalue weighted by atomic mass is 10.2. The summed E-state index contributed by atoms with van der Waals surface area (Å²) in [6.45, 7) is 5.08. The Bertz CT molecular complexity index is 798. The van der Waals surface area contributed by atoms with E-state index in [1.165, 1.54) is 21.3 Å². The maximum Gasteiger partial charge on any atom is 0.338 e. The first-order chi connectivity index (χ1) is 14.7. The molecule has 8 heteroatoms. The summed E-state index contributed by atoms with van der Waals surface area (Å²) in [6.07, 6.45) is 2.60. The molecule has 162 valence electrons. The third-order valence-electron chi connectivity index (χ3n) is 5.10. The number of esters is 1. The average molecular weight is 415 g/mol. The van der Waals surface area contributed by atoms with Gasteiger partial charge >= 0.3 is 5.97 Å². The molecule has 0 N–H and O–H groups in total. The minimum absolute atomic E-state index is 0.357. The molecule has 30 heavy (non-hydrogen) atoms. The molecule has 1 aliphatic rings. The molecule has 8 nitrogen and oxygen atoms in total. The molecule has 0 bridgehead atoms. The zero-order chi connectivity index (χ0) is 21.3. The molecular formula is C22H29N3O5. The first kappa shape index (κ1) is 21.7. The lowest BCUT2D eigenvalue weighted by molar-refractivity contribution is 0.0486. The van der Waals surface area contributed by atoms with Gasteiger partial charge in [0.1, 0.15) is 5.82 Å². The van der Waals surface area contributed by atoms with Crippen molar-refractivity contribution in [2.75, 3.05) is 65.6 Å². The summed E-state index contributed by atoms with van der Waals surface area (Å²) in [5.41, 5.74) is 0.369. The van der Waals surface area contributed by atoms with Gasteiger partial charge in [0.05, 0.1) is 33.5 Å². The molecule has 0 radical (unpaired) electrons. The smallest absolute Gasteiger partial charge is 0.338 e. The number of aromatic nitrogens is 1. The van der Waals surface area contributed by atoms with E-state index in [1.54, 1.807) is 12.1 Å². The van der Waals surface area contributed by atoms with Crippen molar-refractivity contribution < 1.29 is 23.7 Å². The van der Waals surface area contributed by atoms with Gasteiger partial charge in [-0.2, -0.15) is 0 Å². The Kier molecular flexibility index (Phi) is 7.73. The van der Waals surface area contributed by atoms with Gasteiger partial charge in [-0.15, -0.1) is 0 Å². The van der Waals surface area contributed by atoms with Gasteiger partial charge in [-0.25, -0.2) is 9.78 Å². The molecule has 2 heterocycles. The van der Waals surface area contributed by atoms with Crippen LogP contribution in [0.25, 0.3) is 0 Å². The summed E-state index contributed by atoms with van der Waals surface area (Å²) in [6, 6.07) is 9.18. The van der Waals surface area contributed by atoms with Crippen LogP contribution in [0, 0.1) is 0 Å². The molecule has 0 unspecified atom stereocenters. The van der Waals surface area contributed by atoms with E-state index in [9.17, 15) is 4.79 Å². The summed E-state index contributed by atoms with van der Waals surface area (Å²) in [4.78, 5) is 21.5. The summed E-state index contributed by atoms with van der Waals surface area (Å²) >= 11 is 0. The van der Waals surface area contributed by atoms with Crippen LogP contribution in [0.2, 0.25) is 0 Å². The van der Waals surface area contributed by atoms with Gasteiger partial charge in [-0.05, 0) is 30.7 Å². The van der Waals surface area contributed by atoms with Crippen molar-refractivity contribution in [3.05, 3.63) is 42.1 Å². The van der Waals surface area contributed by atoms with Crippen molar-refractivity contribution in [3.8, 4) is 17.2 Å². The molecule has 0 aliphatic carbocycles. The van der Waals surface area contributed by atoms with E-state index in [0.717, 1.165) is 45.0 Å². The first-order valence-electron chi connectivity index (χ1n) is 10.0.